The van der Waals surface area contributed by atoms with Gasteiger partial charge in [0.1, 0.15) is 0 Å². The molecule has 6 aliphatic heterocycles. The van der Waals surface area contributed by atoms with Crippen LogP contribution in [0.15, 0.2) is 0 Å². The van der Waals surface area contributed by atoms with E-state index < -0.39 is 0 Å². The summed E-state index contributed by atoms with van der Waals surface area (Å²) in [5.74, 6) is 11.2. The van der Waals surface area contributed by atoms with Crippen molar-refractivity contribution in [3.8, 4) is 0 Å². The Balaban J connectivity index is 0.737. The van der Waals surface area contributed by atoms with Gasteiger partial charge in [0.25, 0.3) is 0 Å². The Morgan fingerprint density at radius 3 is 1.85 bits per heavy atom. The molecule has 6 heteroatoms. The van der Waals surface area contributed by atoms with Crippen LogP contribution in [0.1, 0.15) is 161 Å². The molecule has 0 bridgehead atoms. The lowest BCUT2D eigenvalue weighted by molar-refractivity contribution is 0.0147. The Kier molecular flexibility index (Phi) is 10.5. The van der Waals surface area contributed by atoms with E-state index >= 15 is 0 Å². The van der Waals surface area contributed by atoms with Gasteiger partial charge in [-0.15, -0.1) is 0 Å². The molecule has 6 aliphatic carbocycles. The van der Waals surface area contributed by atoms with E-state index in [2.05, 4.69) is 37.5 Å². The van der Waals surface area contributed by atoms with Gasteiger partial charge in [0, 0.05) is 53.3 Å². The quantitative estimate of drug-likeness (QED) is 0.265. The highest BCUT2D eigenvalue weighted by molar-refractivity contribution is 8.00. The summed E-state index contributed by atoms with van der Waals surface area (Å²) in [7, 11) is 0. The van der Waals surface area contributed by atoms with Crippen LogP contribution in [0.5, 0.6) is 0 Å². The minimum Gasteiger partial charge on any atom is -0.315 e. The van der Waals surface area contributed by atoms with E-state index in [0.717, 1.165) is 112 Å². The molecule has 6 heterocycles. The number of thioether (sulfide) groups is 1. The number of nitrogens with one attached hydrogen (secondary N) is 3. The van der Waals surface area contributed by atoms with Crippen molar-refractivity contribution in [2.45, 2.75) is 213 Å². The maximum absolute atomic E-state index is 3.96. The number of piperidine rings is 3. The first-order chi connectivity index (χ1) is 27.3. The van der Waals surface area contributed by atoms with Gasteiger partial charge in [0.2, 0.25) is 0 Å². The van der Waals surface area contributed by atoms with Crippen molar-refractivity contribution in [3.05, 3.63) is 0 Å². The van der Waals surface area contributed by atoms with Crippen molar-refractivity contribution >= 4 is 11.8 Å². The number of hydrogen-bond acceptors (Lipinski definition) is 6. The smallest absolute Gasteiger partial charge is 0.0603 e. The number of rotatable bonds is 4. The molecule has 0 aromatic carbocycles. The molecule has 3 N–H and O–H groups in total. The predicted molar refractivity (Wildman–Crippen MR) is 228 cm³/mol. The lowest BCUT2D eigenvalue weighted by Gasteiger charge is -2.49. The van der Waals surface area contributed by atoms with Crippen molar-refractivity contribution < 1.29 is 0 Å². The van der Waals surface area contributed by atoms with E-state index in [1.807, 2.05) is 0 Å². The SMILES string of the molecule is C1CCC(N2C3CCC(C4CCC5C(C4)C4CCNCC4N5C4CCC(C5CCNC6NCCCC65)CC4)CC3C3CC4C(CC32)SC2CCCCC24)CC1. The lowest BCUT2D eigenvalue weighted by atomic mass is 9.61. The van der Waals surface area contributed by atoms with Crippen LogP contribution in [0, 0.1) is 65.1 Å². The van der Waals surface area contributed by atoms with Gasteiger partial charge in [-0.25, -0.2) is 0 Å². The Morgan fingerprint density at radius 2 is 1.02 bits per heavy atom. The number of nitrogens with zero attached hydrogens (tertiary/aromatic N) is 2. The molecule has 17 atom stereocenters. The summed E-state index contributed by atoms with van der Waals surface area (Å²) in [6, 6.07) is 5.46. The molecule has 5 nitrogen and oxygen atoms in total. The zero-order valence-electron chi connectivity index (χ0n) is 34.9. The van der Waals surface area contributed by atoms with Crippen molar-refractivity contribution in [1.82, 2.24) is 25.8 Å². The molecule has 12 rings (SSSR count). The standard InChI is InChI=1S/C49H81N5S/c1-2-7-33(8-3-1)53-44-19-15-32(26-40(44)41-27-42-37-9-4-5-11-47(37)55-48(42)28-45(41)53)31-14-18-43-39(25-31)36-20-23-50-29-46(36)54(43)34-16-12-30(13-17-34)35-21-24-52-49-38(35)10-6-22-51-49/h30-52H,1-29H2. The summed E-state index contributed by atoms with van der Waals surface area (Å²) >= 11 is 2.53. The van der Waals surface area contributed by atoms with Gasteiger partial charge in [-0.3, -0.25) is 9.80 Å². The molecule has 0 amide bonds. The molecule has 6 saturated heterocycles. The van der Waals surface area contributed by atoms with E-state index in [-0.39, 0.29) is 0 Å². The minimum atomic E-state index is 0.612. The van der Waals surface area contributed by atoms with E-state index in [9.17, 15) is 0 Å². The Bertz CT molecular complexity index is 1330. The largest absolute Gasteiger partial charge is 0.315 e. The second-order valence-corrected chi connectivity index (χ2v) is 24.2. The van der Waals surface area contributed by atoms with E-state index in [1.165, 1.54) is 116 Å². The summed E-state index contributed by atoms with van der Waals surface area (Å²) in [6.07, 6.45) is 38.9. The predicted octanol–water partition coefficient (Wildman–Crippen LogP) is 9.06. The Morgan fingerprint density at radius 1 is 0.364 bits per heavy atom. The van der Waals surface area contributed by atoms with Gasteiger partial charge in [-0.1, -0.05) is 32.1 Å². The fraction of sp³-hybridized carbons (Fsp3) is 1.00. The van der Waals surface area contributed by atoms with Crippen LogP contribution in [0.4, 0.5) is 0 Å². The topological polar surface area (TPSA) is 42.6 Å². The fourth-order valence-corrected chi connectivity index (χ4v) is 21.0. The summed E-state index contributed by atoms with van der Waals surface area (Å²) in [6.45, 7) is 5.05. The van der Waals surface area contributed by atoms with Gasteiger partial charge < -0.3 is 16.0 Å². The summed E-state index contributed by atoms with van der Waals surface area (Å²) in [4.78, 5) is 6.62. The van der Waals surface area contributed by atoms with Gasteiger partial charge in [0.05, 0.1) is 6.17 Å². The first-order valence-corrected chi connectivity index (χ1v) is 26.6. The molecule has 0 spiro atoms. The Hall–Kier alpha value is 0.150. The van der Waals surface area contributed by atoms with Crippen LogP contribution < -0.4 is 16.0 Å². The molecule has 12 aliphatic rings. The molecule has 0 radical (unpaired) electrons. The van der Waals surface area contributed by atoms with E-state index in [1.54, 1.807) is 70.6 Å². The van der Waals surface area contributed by atoms with E-state index in [0.29, 0.717) is 6.17 Å². The van der Waals surface area contributed by atoms with Crippen molar-refractivity contribution in [2.75, 3.05) is 26.2 Å². The van der Waals surface area contributed by atoms with Gasteiger partial charge in [0.15, 0.2) is 0 Å². The second kappa shape index (κ2) is 15.6. The average molecular weight is 772 g/mol. The highest BCUT2D eigenvalue weighted by atomic mass is 32.2. The molecule has 0 aromatic heterocycles. The highest BCUT2D eigenvalue weighted by Crippen LogP contribution is 2.63. The van der Waals surface area contributed by atoms with Crippen LogP contribution in [-0.4, -0.2) is 88.9 Å². The molecule has 17 unspecified atom stereocenters. The lowest BCUT2D eigenvalue weighted by Crippen LogP contribution is -2.58. The van der Waals surface area contributed by atoms with Crippen LogP contribution in [0.3, 0.4) is 0 Å². The van der Waals surface area contributed by atoms with E-state index in [4.69, 9.17) is 0 Å². The fourth-order valence-electron chi connectivity index (χ4n) is 18.9. The molecule has 308 valence electrons. The number of fused-ring (bicyclic) bond motifs is 10. The first-order valence-electron chi connectivity index (χ1n) is 25.6. The van der Waals surface area contributed by atoms with Gasteiger partial charge >= 0.3 is 0 Å². The summed E-state index contributed by atoms with van der Waals surface area (Å²) in [5, 5.41) is 13.7. The molecule has 0 aromatic rings. The zero-order valence-corrected chi connectivity index (χ0v) is 35.7. The van der Waals surface area contributed by atoms with Crippen LogP contribution in [0.2, 0.25) is 0 Å². The Labute approximate surface area is 340 Å². The highest BCUT2D eigenvalue weighted by Gasteiger charge is 2.60. The molecule has 55 heavy (non-hydrogen) atoms. The third kappa shape index (κ3) is 6.45. The maximum atomic E-state index is 3.96. The maximum Gasteiger partial charge on any atom is 0.0603 e. The second-order valence-electron chi connectivity index (χ2n) is 22.8. The van der Waals surface area contributed by atoms with Crippen molar-refractivity contribution in [1.29, 1.82) is 0 Å². The van der Waals surface area contributed by atoms with Crippen LogP contribution in [0.25, 0.3) is 0 Å². The molecule has 6 saturated carbocycles. The molecule has 12 fully saturated rings. The van der Waals surface area contributed by atoms with Crippen LogP contribution in [-0.2, 0) is 0 Å². The van der Waals surface area contributed by atoms with Crippen molar-refractivity contribution in [2.24, 2.45) is 65.1 Å². The van der Waals surface area contributed by atoms with Gasteiger partial charge in [-0.05, 0) is 213 Å². The summed E-state index contributed by atoms with van der Waals surface area (Å²) < 4.78 is 0. The minimum absolute atomic E-state index is 0.612. The van der Waals surface area contributed by atoms with Crippen LogP contribution >= 0.6 is 11.8 Å². The summed E-state index contributed by atoms with van der Waals surface area (Å²) in [5.41, 5.74) is 0. The van der Waals surface area contributed by atoms with Gasteiger partial charge in [-0.2, -0.15) is 11.8 Å². The first kappa shape index (κ1) is 37.0. The third-order valence-corrected chi connectivity index (χ3v) is 22.7. The number of hydrogen-bond donors (Lipinski definition) is 3. The third-order valence-electron chi connectivity index (χ3n) is 20.9. The zero-order chi connectivity index (χ0) is 36.0. The molecular formula is C49H81N5S. The normalized spacial score (nSPS) is 54.7. The number of likely N-dealkylation sites (tertiary alicyclic amines) is 2. The van der Waals surface area contributed by atoms with Crippen molar-refractivity contribution in [3.63, 3.8) is 0 Å². The molecular weight excluding hydrogens is 691 g/mol. The average Bonchev–Trinajstić information content (AvgIpc) is 3.89. The monoisotopic (exact) mass is 772 g/mol.